The number of aryl methyl sites for hydroxylation is 2. The average molecular weight is 363 g/mol. The Morgan fingerprint density at radius 3 is 2.89 bits per heavy atom. The molecule has 0 saturated carbocycles. The third-order valence-electron chi connectivity index (χ3n) is 4.12. The maximum absolute atomic E-state index is 12.9. The molecule has 0 aliphatic rings. The Labute approximate surface area is 154 Å². The van der Waals surface area contributed by atoms with Gasteiger partial charge in [0.1, 0.15) is 12.1 Å². The van der Waals surface area contributed by atoms with Gasteiger partial charge in [0.25, 0.3) is 5.91 Å². The van der Waals surface area contributed by atoms with Gasteiger partial charge in [0.15, 0.2) is 5.65 Å². The molecule has 0 saturated heterocycles. The first-order valence-corrected chi connectivity index (χ1v) is 8.33. The molecule has 136 valence electrons. The van der Waals surface area contributed by atoms with Gasteiger partial charge >= 0.3 is 0 Å². The molecule has 0 fully saturated rings. The smallest absolute Gasteiger partial charge is 0.259 e. The number of aromatic nitrogens is 6. The van der Waals surface area contributed by atoms with E-state index in [1.54, 1.807) is 30.0 Å². The summed E-state index contributed by atoms with van der Waals surface area (Å²) in [6.07, 6.45) is 4.85. The monoisotopic (exact) mass is 363 g/mol. The van der Waals surface area contributed by atoms with Gasteiger partial charge < -0.3 is 9.42 Å². The van der Waals surface area contributed by atoms with Gasteiger partial charge in [-0.05, 0) is 32.0 Å². The predicted molar refractivity (Wildman–Crippen MR) is 95.8 cm³/mol. The molecule has 0 aromatic carbocycles. The first-order valence-electron chi connectivity index (χ1n) is 8.33. The van der Waals surface area contributed by atoms with Crippen LogP contribution in [0, 0.1) is 13.8 Å². The molecule has 0 spiro atoms. The number of carbonyl (C=O) groups is 1. The molecular formula is C18H17N7O2. The minimum atomic E-state index is -0.219. The average Bonchev–Trinajstić information content (AvgIpc) is 3.29. The van der Waals surface area contributed by atoms with Crippen LogP contribution in [-0.4, -0.2) is 47.6 Å². The minimum Gasteiger partial charge on any atom is -0.337 e. The second kappa shape index (κ2) is 6.60. The van der Waals surface area contributed by atoms with Crippen LogP contribution in [0.25, 0.3) is 17.0 Å². The molecule has 4 aromatic heterocycles. The zero-order valence-corrected chi connectivity index (χ0v) is 15.1. The lowest BCUT2D eigenvalue weighted by Gasteiger charge is -2.13. The summed E-state index contributed by atoms with van der Waals surface area (Å²) in [6, 6.07) is 5.55. The van der Waals surface area contributed by atoms with Gasteiger partial charge in [-0.15, -0.1) is 0 Å². The van der Waals surface area contributed by atoms with E-state index < -0.39 is 0 Å². The molecule has 0 N–H and O–H groups in total. The summed E-state index contributed by atoms with van der Waals surface area (Å²) in [5.41, 5.74) is 3.45. The Morgan fingerprint density at radius 1 is 1.26 bits per heavy atom. The lowest BCUT2D eigenvalue weighted by atomic mass is 10.2. The van der Waals surface area contributed by atoms with Crippen LogP contribution in [0.15, 0.2) is 41.3 Å². The van der Waals surface area contributed by atoms with E-state index >= 15 is 0 Å². The zero-order valence-electron chi connectivity index (χ0n) is 15.1. The first-order chi connectivity index (χ1) is 13.0. The first kappa shape index (κ1) is 16.8. The number of pyridine rings is 1. The lowest BCUT2D eigenvalue weighted by molar-refractivity contribution is 0.0771. The normalized spacial score (nSPS) is 11.1. The summed E-state index contributed by atoms with van der Waals surface area (Å²) in [5.74, 6) is 0.549. The van der Waals surface area contributed by atoms with Crippen molar-refractivity contribution in [3.05, 3.63) is 59.6 Å². The van der Waals surface area contributed by atoms with Gasteiger partial charge in [0.05, 0.1) is 6.20 Å². The highest BCUT2D eigenvalue weighted by atomic mass is 16.5. The molecule has 0 unspecified atom stereocenters. The lowest BCUT2D eigenvalue weighted by Crippen LogP contribution is -2.26. The Kier molecular flexibility index (Phi) is 4.11. The number of rotatable bonds is 4. The second-order valence-corrected chi connectivity index (χ2v) is 6.25. The molecule has 0 bridgehead atoms. The van der Waals surface area contributed by atoms with Crippen molar-refractivity contribution >= 4 is 11.6 Å². The third kappa shape index (κ3) is 3.14. The number of hydrogen-bond acceptors (Lipinski definition) is 7. The molecule has 9 heteroatoms. The van der Waals surface area contributed by atoms with Crippen molar-refractivity contribution in [1.82, 2.24) is 34.6 Å². The van der Waals surface area contributed by atoms with Crippen molar-refractivity contribution in [2.75, 3.05) is 7.05 Å². The second-order valence-electron chi connectivity index (χ2n) is 6.25. The van der Waals surface area contributed by atoms with E-state index in [1.807, 2.05) is 26.0 Å². The van der Waals surface area contributed by atoms with E-state index in [0.717, 1.165) is 17.0 Å². The van der Waals surface area contributed by atoms with Gasteiger partial charge in [-0.3, -0.25) is 9.78 Å². The van der Waals surface area contributed by atoms with Crippen molar-refractivity contribution in [2.45, 2.75) is 20.4 Å². The van der Waals surface area contributed by atoms with Crippen molar-refractivity contribution in [3.63, 3.8) is 0 Å². The molecule has 4 aromatic rings. The Balaban J connectivity index is 1.56. The van der Waals surface area contributed by atoms with Crippen LogP contribution in [0.4, 0.5) is 0 Å². The maximum atomic E-state index is 12.9. The van der Waals surface area contributed by atoms with Gasteiger partial charge in [0.2, 0.25) is 11.7 Å². The zero-order chi connectivity index (χ0) is 19.0. The van der Waals surface area contributed by atoms with E-state index in [2.05, 4.69) is 25.2 Å². The fraction of sp³-hybridized carbons (Fsp3) is 0.222. The van der Waals surface area contributed by atoms with Crippen LogP contribution < -0.4 is 0 Å². The molecule has 1 amide bonds. The highest BCUT2D eigenvalue weighted by molar-refractivity contribution is 5.99. The standard InChI is InChI=1S/C18H17N7O2/c1-11-7-12(2)25-17(21-11)14(9-20-25)18(26)24(3)10-15-22-16(23-27-15)13-5-4-6-19-8-13/h4-9H,10H2,1-3H3. The summed E-state index contributed by atoms with van der Waals surface area (Å²) in [6.45, 7) is 3.98. The van der Waals surface area contributed by atoms with Crippen LogP contribution in [0.2, 0.25) is 0 Å². The van der Waals surface area contributed by atoms with Gasteiger partial charge in [-0.2, -0.15) is 10.1 Å². The Bertz CT molecular complexity index is 1120. The minimum absolute atomic E-state index is 0.175. The highest BCUT2D eigenvalue weighted by Crippen LogP contribution is 2.17. The van der Waals surface area contributed by atoms with E-state index in [0.29, 0.717) is 22.9 Å². The quantitative estimate of drug-likeness (QED) is 0.547. The number of carbonyl (C=O) groups excluding carboxylic acids is 1. The predicted octanol–water partition coefficient (Wildman–Crippen LogP) is 2.06. The fourth-order valence-electron chi connectivity index (χ4n) is 2.83. The molecule has 4 rings (SSSR count). The Morgan fingerprint density at radius 2 is 2.11 bits per heavy atom. The fourth-order valence-corrected chi connectivity index (χ4v) is 2.83. The molecule has 0 aliphatic carbocycles. The van der Waals surface area contributed by atoms with Crippen molar-refractivity contribution < 1.29 is 9.32 Å². The maximum Gasteiger partial charge on any atom is 0.259 e. The molecule has 27 heavy (non-hydrogen) atoms. The molecule has 0 aliphatic heterocycles. The molecule has 4 heterocycles. The van der Waals surface area contributed by atoms with Crippen LogP contribution in [0.1, 0.15) is 27.6 Å². The van der Waals surface area contributed by atoms with Crippen molar-refractivity contribution in [2.24, 2.45) is 0 Å². The van der Waals surface area contributed by atoms with Crippen LogP contribution in [-0.2, 0) is 6.54 Å². The third-order valence-corrected chi connectivity index (χ3v) is 4.12. The Hall–Kier alpha value is -3.62. The van der Waals surface area contributed by atoms with E-state index in [1.165, 1.54) is 11.1 Å². The largest absolute Gasteiger partial charge is 0.337 e. The van der Waals surface area contributed by atoms with Gasteiger partial charge in [-0.1, -0.05) is 5.16 Å². The summed E-state index contributed by atoms with van der Waals surface area (Å²) in [7, 11) is 1.67. The van der Waals surface area contributed by atoms with Crippen LogP contribution >= 0.6 is 0 Å². The molecular weight excluding hydrogens is 346 g/mol. The highest BCUT2D eigenvalue weighted by Gasteiger charge is 2.21. The van der Waals surface area contributed by atoms with Gasteiger partial charge in [-0.25, -0.2) is 9.50 Å². The van der Waals surface area contributed by atoms with Crippen molar-refractivity contribution in [1.29, 1.82) is 0 Å². The molecule has 0 atom stereocenters. The summed E-state index contributed by atoms with van der Waals surface area (Å²) in [5, 5.41) is 8.20. The summed E-state index contributed by atoms with van der Waals surface area (Å²) >= 11 is 0. The number of nitrogens with zero attached hydrogens (tertiary/aromatic N) is 7. The van der Waals surface area contributed by atoms with Crippen LogP contribution in [0.3, 0.4) is 0 Å². The van der Waals surface area contributed by atoms with E-state index in [4.69, 9.17) is 4.52 Å². The number of hydrogen-bond donors (Lipinski definition) is 0. The van der Waals surface area contributed by atoms with Gasteiger partial charge in [0, 0.05) is 36.4 Å². The van der Waals surface area contributed by atoms with Crippen LogP contribution in [0.5, 0.6) is 0 Å². The molecule has 0 radical (unpaired) electrons. The van der Waals surface area contributed by atoms with E-state index in [-0.39, 0.29) is 12.5 Å². The number of fused-ring (bicyclic) bond motifs is 1. The summed E-state index contributed by atoms with van der Waals surface area (Å²) < 4.78 is 6.92. The molecule has 9 nitrogen and oxygen atoms in total. The SMILES string of the molecule is Cc1cc(C)n2ncc(C(=O)N(C)Cc3nc(-c4cccnc4)no3)c2n1. The summed E-state index contributed by atoms with van der Waals surface area (Å²) in [4.78, 5) is 27.2. The topological polar surface area (TPSA) is 102 Å². The van der Waals surface area contributed by atoms with E-state index in [9.17, 15) is 4.79 Å². The number of amides is 1. The van der Waals surface area contributed by atoms with Crippen molar-refractivity contribution in [3.8, 4) is 11.4 Å².